The molecule has 0 bridgehead atoms. The summed E-state index contributed by atoms with van der Waals surface area (Å²) >= 11 is 0. The third-order valence-electron chi connectivity index (χ3n) is 32.1. The molecule has 0 fully saturated rings. The number of pyridine rings is 3. The molecule has 0 saturated heterocycles. The Bertz CT molecular complexity index is 10900. The van der Waals surface area contributed by atoms with Gasteiger partial charge >= 0.3 is 0 Å². The van der Waals surface area contributed by atoms with Crippen LogP contribution < -0.4 is 16.7 Å². The monoisotopic (exact) mass is 1770 g/mol. The maximum absolute atomic E-state index is 16.9. The quantitative estimate of drug-likeness (QED) is 0.148. The molecule has 0 N–H and O–H groups in total. The van der Waals surface area contributed by atoms with Crippen molar-refractivity contribution in [3.63, 3.8) is 0 Å². The second kappa shape index (κ2) is 26.6. The van der Waals surface area contributed by atoms with Crippen molar-refractivity contribution in [1.82, 2.24) is 32.3 Å². The van der Waals surface area contributed by atoms with Crippen molar-refractivity contribution in [2.24, 2.45) is 0 Å². The minimum atomic E-state index is -0.695. The molecule has 10 nitrogen and oxygen atoms in total. The molecule has 20 aromatic carbocycles. The van der Waals surface area contributed by atoms with Crippen molar-refractivity contribution >= 4 is 168 Å². The molecule has 3 aliphatic rings. The SMILES string of the molecule is CC1(C)c2ccccc2-c2cc3c4c(-c5ccc6c(c5)c(=O)n5c7cc8c(cc7c7cc(-c9ccc%10c(c9)c9ccccc9n%10-c9nc(-c%10ccccc%10)c%10ccccc%10n9)cc6c75)c5ccccc5n8-c5ccccc5)ccc5c6cc(-c7ccc(-c8ccc9c(c8)C8(c%10ccccc%10-9)c9ccccc9-c9c8ccc8c%10cccc%11c%12ccccc%12c(=O)n(c98)c%11%10)cc7)ccc6c(=O)n(c3cc21)c54. The third kappa shape index (κ3) is 9.56. The number of fused-ring (bicyclic) bond motifs is 36. The molecule has 0 saturated carbocycles. The molecule has 3 aliphatic carbocycles. The van der Waals surface area contributed by atoms with E-state index in [0.717, 1.165) is 230 Å². The third-order valence-corrected chi connectivity index (χ3v) is 32.1. The van der Waals surface area contributed by atoms with Gasteiger partial charge in [0.2, 0.25) is 5.95 Å². The van der Waals surface area contributed by atoms with Gasteiger partial charge in [0.25, 0.3) is 16.7 Å². The molecule has 642 valence electrons. The van der Waals surface area contributed by atoms with Crippen LogP contribution in [-0.2, 0) is 10.8 Å². The van der Waals surface area contributed by atoms with Crippen LogP contribution in [0.4, 0.5) is 0 Å². The Morgan fingerprint density at radius 2 is 0.691 bits per heavy atom. The van der Waals surface area contributed by atoms with Crippen LogP contribution in [-0.4, -0.2) is 32.3 Å². The van der Waals surface area contributed by atoms with Gasteiger partial charge in [0.1, 0.15) is 0 Å². The Hall–Kier alpha value is -18.3. The van der Waals surface area contributed by atoms with Crippen LogP contribution in [0, 0.1) is 0 Å². The fourth-order valence-electron chi connectivity index (χ4n) is 26.1. The minimum Gasteiger partial charge on any atom is -0.309 e. The Balaban J connectivity index is 0.574. The molecule has 0 radical (unpaired) electrons. The van der Waals surface area contributed by atoms with Crippen molar-refractivity contribution in [2.45, 2.75) is 24.7 Å². The van der Waals surface area contributed by atoms with Crippen molar-refractivity contribution in [3.05, 3.63) is 471 Å². The first-order valence-corrected chi connectivity index (χ1v) is 47.8. The highest BCUT2D eigenvalue weighted by atomic mass is 16.1. The highest BCUT2D eigenvalue weighted by Gasteiger charge is 2.53. The summed E-state index contributed by atoms with van der Waals surface area (Å²) in [5.41, 5.74) is 34.0. The highest BCUT2D eigenvalue weighted by molar-refractivity contribution is 6.30. The summed E-state index contributed by atoms with van der Waals surface area (Å²) < 4.78 is 10.6. The number of para-hydroxylation sites is 5. The van der Waals surface area contributed by atoms with Gasteiger partial charge in [0, 0.05) is 114 Å². The van der Waals surface area contributed by atoms with E-state index < -0.39 is 5.41 Å². The molecule has 0 aliphatic heterocycles. The van der Waals surface area contributed by atoms with E-state index in [4.69, 9.17) is 9.97 Å². The fraction of sp³-hybridized carbons (Fsp3) is 0.0310. The number of hydrogen-bond donors (Lipinski definition) is 0. The first-order chi connectivity index (χ1) is 68.5. The molecule has 1 spiro atoms. The van der Waals surface area contributed by atoms with Crippen LogP contribution >= 0.6 is 0 Å². The van der Waals surface area contributed by atoms with Crippen molar-refractivity contribution in [1.29, 1.82) is 0 Å². The van der Waals surface area contributed by atoms with Crippen molar-refractivity contribution in [3.8, 4) is 101 Å². The van der Waals surface area contributed by atoms with Gasteiger partial charge in [0.15, 0.2) is 0 Å². The van der Waals surface area contributed by atoms with Crippen LogP contribution in [0.1, 0.15) is 47.2 Å². The number of aromatic nitrogens is 7. The molecule has 10 heteroatoms. The van der Waals surface area contributed by atoms with Crippen LogP contribution in [0.5, 0.6) is 0 Å². The van der Waals surface area contributed by atoms with E-state index in [9.17, 15) is 0 Å². The lowest BCUT2D eigenvalue weighted by atomic mass is 9.70. The summed E-state index contributed by atoms with van der Waals surface area (Å²) in [6.07, 6.45) is 0. The van der Waals surface area contributed by atoms with E-state index in [-0.39, 0.29) is 22.1 Å². The summed E-state index contributed by atoms with van der Waals surface area (Å²) in [6.45, 7) is 4.61. The lowest BCUT2D eigenvalue weighted by Crippen LogP contribution is -2.26. The summed E-state index contributed by atoms with van der Waals surface area (Å²) in [7, 11) is 0. The summed E-state index contributed by atoms with van der Waals surface area (Å²) in [5.74, 6) is 0.592. The molecule has 32 rings (SSSR count). The van der Waals surface area contributed by atoms with Gasteiger partial charge in [-0.3, -0.25) is 32.2 Å². The highest BCUT2D eigenvalue weighted by Crippen LogP contribution is 2.65. The smallest absolute Gasteiger partial charge is 0.263 e. The minimum absolute atomic E-state index is 0.00599. The molecule has 0 amide bonds. The van der Waals surface area contributed by atoms with Crippen LogP contribution in [0.15, 0.2) is 421 Å². The van der Waals surface area contributed by atoms with Crippen molar-refractivity contribution < 1.29 is 0 Å². The molecule has 9 heterocycles. The van der Waals surface area contributed by atoms with E-state index in [0.29, 0.717) is 22.1 Å². The molecule has 9 aromatic heterocycles. The zero-order chi connectivity index (χ0) is 91.2. The topological polar surface area (TPSA) is 100 Å². The first kappa shape index (κ1) is 75.2. The Morgan fingerprint density at radius 1 is 0.216 bits per heavy atom. The summed E-state index contributed by atoms with van der Waals surface area (Å²) in [4.78, 5) is 59.3. The van der Waals surface area contributed by atoms with Crippen molar-refractivity contribution in [2.75, 3.05) is 0 Å². The van der Waals surface area contributed by atoms with E-state index in [1.807, 2.05) is 49.6 Å². The van der Waals surface area contributed by atoms with E-state index in [1.165, 1.54) is 50.1 Å². The average molecular weight is 1770 g/mol. The largest absolute Gasteiger partial charge is 0.309 e. The predicted molar refractivity (Wildman–Crippen MR) is 572 cm³/mol. The van der Waals surface area contributed by atoms with E-state index in [1.54, 1.807) is 0 Å². The normalized spacial score (nSPS) is 14.3. The zero-order valence-corrected chi connectivity index (χ0v) is 75.0. The fourth-order valence-corrected chi connectivity index (χ4v) is 26.1. The second-order valence-electron chi connectivity index (χ2n) is 39.1. The van der Waals surface area contributed by atoms with E-state index in [2.05, 4.69) is 393 Å². The van der Waals surface area contributed by atoms with Gasteiger partial charge in [-0.15, -0.1) is 0 Å². The Labute approximate surface area is 791 Å². The molecule has 1 unspecified atom stereocenters. The number of nitrogens with zero attached hydrogens (tertiary/aromatic N) is 7. The molecular weight excluding hydrogens is 1700 g/mol. The van der Waals surface area contributed by atoms with E-state index >= 15 is 14.4 Å². The number of rotatable bonds is 7. The first-order valence-electron chi connectivity index (χ1n) is 47.8. The number of hydrogen-bond acceptors (Lipinski definition) is 5. The van der Waals surface area contributed by atoms with Gasteiger partial charge in [-0.05, 0) is 231 Å². The van der Waals surface area contributed by atoms with Gasteiger partial charge in [-0.2, -0.15) is 0 Å². The average Bonchev–Trinajstić information content (AvgIpc) is 1.49. The predicted octanol–water partition coefficient (Wildman–Crippen LogP) is 30.3. The van der Waals surface area contributed by atoms with Gasteiger partial charge in [-0.1, -0.05) is 311 Å². The number of benzene rings is 20. The molecule has 139 heavy (non-hydrogen) atoms. The molecule has 1 atom stereocenters. The lowest BCUT2D eigenvalue weighted by molar-refractivity contribution is 0.661. The summed E-state index contributed by atoms with van der Waals surface area (Å²) in [5, 5.41) is 18.9. The van der Waals surface area contributed by atoms with Gasteiger partial charge in [0.05, 0.1) is 71.8 Å². The van der Waals surface area contributed by atoms with Crippen LogP contribution in [0.25, 0.3) is 269 Å². The Morgan fingerprint density at radius 3 is 1.47 bits per heavy atom. The lowest BCUT2D eigenvalue weighted by Gasteiger charge is -2.30. The Kier molecular flexibility index (Phi) is 14.4. The maximum Gasteiger partial charge on any atom is 0.263 e. The molecule has 29 aromatic rings. The summed E-state index contributed by atoms with van der Waals surface area (Å²) in [6, 6.07) is 146. The van der Waals surface area contributed by atoms with Gasteiger partial charge in [-0.25, -0.2) is 9.97 Å². The zero-order valence-electron chi connectivity index (χ0n) is 75.0. The van der Waals surface area contributed by atoms with Crippen LogP contribution in [0.3, 0.4) is 0 Å². The second-order valence-corrected chi connectivity index (χ2v) is 39.1. The molecular formula is C129H73N7O3. The van der Waals surface area contributed by atoms with Crippen LogP contribution in [0.2, 0.25) is 0 Å². The van der Waals surface area contributed by atoms with Gasteiger partial charge < -0.3 is 4.57 Å². The standard InChI is InChI=1S/C129H73N7O3/c1-128(2)104-38-17-11-30-83(104)96-66-103-114(68-108(96)128)135-122-90(95-60-73(49-54-92(95)124(135)137)70-44-46-71(47-45-70)75-48-53-84-82-29-12-18-39-105(82)129(109(84)65-75)106-40-19-13-34-93(106)118-107(129)58-57-89-88-37-23-36-87-80-28-9-10-33-91(80)125(138)136(120(87)88)123(89)118)56-55-79(117(103)122)76-50-52-81-100-63-77(64-101-99-67-98-86-32-15-21-42-111(86)132(78-26-7-4-8-27-78)115(98)69-116(99)134(121(100)101)126(139)102(81)62-76)74-51-59-113-97(61-74)85-31-16-22-43-112(85)133(113)127-130-110-41-20-14-35-94(110)119(131-127)72-24-5-3-6-25-72/h3-69H,1-2H3. The maximum atomic E-state index is 16.9.